The van der Waals surface area contributed by atoms with Gasteiger partial charge in [0.15, 0.2) is 0 Å². The van der Waals surface area contributed by atoms with E-state index in [9.17, 15) is 4.79 Å². The van der Waals surface area contributed by atoms with Crippen molar-refractivity contribution in [2.45, 2.75) is 26.2 Å². The van der Waals surface area contributed by atoms with E-state index in [0.29, 0.717) is 12.1 Å². The lowest BCUT2D eigenvalue weighted by atomic mass is 9.95. The second-order valence-electron chi connectivity index (χ2n) is 4.06. The minimum atomic E-state index is -0.872. The third-order valence-corrected chi connectivity index (χ3v) is 2.90. The van der Waals surface area contributed by atoms with Crippen molar-refractivity contribution in [1.29, 1.82) is 0 Å². The lowest BCUT2D eigenvalue weighted by Gasteiger charge is -2.32. The summed E-state index contributed by atoms with van der Waals surface area (Å²) in [7, 11) is 0. The highest BCUT2D eigenvalue weighted by Gasteiger charge is 2.19. The largest absolute Gasteiger partial charge is 0.478 e. The van der Waals surface area contributed by atoms with Gasteiger partial charge in [0.25, 0.3) is 0 Å². The number of aliphatic carboxylic acids is 1. The Labute approximate surface area is 85.4 Å². The first-order chi connectivity index (χ1) is 6.63. The van der Waals surface area contributed by atoms with Crippen LogP contribution in [0.25, 0.3) is 0 Å². The zero-order chi connectivity index (χ0) is 10.6. The second-order valence-corrected chi connectivity index (χ2v) is 4.06. The van der Waals surface area contributed by atoms with E-state index < -0.39 is 5.97 Å². The van der Waals surface area contributed by atoms with Crippen LogP contribution in [0.2, 0.25) is 0 Å². The fraction of sp³-hybridized carbons (Fsp3) is 0.727. The summed E-state index contributed by atoms with van der Waals surface area (Å²) in [4.78, 5) is 12.8. The average molecular weight is 197 g/mol. The Hall–Kier alpha value is -0.830. The number of likely N-dealkylation sites (tertiary alicyclic amines) is 1. The fourth-order valence-electron chi connectivity index (χ4n) is 1.97. The van der Waals surface area contributed by atoms with Crippen molar-refractivity contribution in [3.63, 3.8) is 0 Å². The van der Waals surface area contributed by atoms with Crippen molar-refractivity contribution in [2.75, 3.05) is 19.6 Å². The molecule has 1 unspecified atom stereocenters. The molecule has 1 N–H and O–H groups in total. The van der Waals surface area contributed by atoms with Crippen LogP contribution in [0.15, 0.2) is 12.2 Å². The van der Waals surface area contributed by atoms with Gasteiger partial charge in [0.1, 0.15) is 0 Å². The summed E-state index contributed by atoms with van der Waals surface area (Å²) < 4.78 is 0. The van der Waals surface area contributed by atoms with Gasteiger partial charge in [0, 0.05) is 18.7 Å². The van der Waals surface area contributed by atoms with Crippen LogP contribution >= 0.6 is 0 Å². The first-order valence-electron chi connectivity index (χ1n) is 5.27. The molecule has 1 saturated heterocycles. The average Bonchev–Trinajstić information content (AvgIpc) is 2.18. The van der Waals surface area contributed by atoms with Gasteiger partial charge in [-0.05, 0) is 25.3 Å². The summed E-state index contributed by atoms with van der Waals surface area (Å²) in [5.41, 5.74) is 0.307. The third-order valence-electron chi connectivity index (χ3n) is 2.90. The van der Waals surface area contributed by atoms with Gasteiger partial charge in [-0.1, -0.05) is 19.9 Å². The maximum atomic E-state index is 10.6. The quantitative estimate of drug-likeness (QED) is 0.698. The first kappa shape index (κ1) is 11.2. The summed E-state index contributed by atoms with van der Waals surface area (Å²) in [6.07, 6.45) is 3.66. The molecule has 0 aromatic carbocycles. The zero-order valence-electron chi connectivity index (χ0n) is 8.83. The lowest BCUT2D eigenvalue weighted by Crippen LogP contribution is -2.37. The van der Waals surface area contributed by atoms with Gasteiger partial charge in [-0.3, -0.25) is 4.90 Å². The van der Waals surface area contributed by atoms with Crippen LogP contribution in [0.3, 0.4) is 0 Å². The molecule has 1 atom stereocenters. The molecule has 14 heavy (non-hydrogen) atoms. The predicted molar refractivity (Wildman–Crippen MR) is 56.2 cm³/mol. The Balaban J connectivity index is 2.37. The second kappa shape index (κ2) is 5.15. The molecular formula is C11H19NO2. The van der Waals surface area contributed by atoms with Crippen LogP contribution in [0, 0.1) is 5.92 Å². The fourth-order valence-corrected chi connectivity index (χ4v) is 1.97. The van der Waals surface area contributed by atoms with Gasteiger partial charge in [-0.25, -0.2) is 4.79 Å². The van der Waals surface area contributed by atoms with Crippen molar-refractivity contribution < 1.29 is 9.90 Å². The third kappa shape index (κ3) is 3.14. The van der Waals surface area contributed by atoms with Crippen molar-refractivity contribution in [3.8, 4) is 0 Å². The van der Waals surface area contributed by atoms with Crippen LogP contribution < -0.4 is 0 Å². The molecule has 1 aliphatic rings. The van der Waals surface area contributed by atoms with Crippen molar-refractivity contribution >= 4 is 5.97 Å². The molecule has 1 rings (SSSR count). The summed E-state index contributed by atoms with van der Waals surface area (Å²) in [6.45, 7) is 8.32. The van der Waals surface area contributed by atoms with Crippen LogP contribution in [0.4, 0.5) is 0 Å². The van der Waals surface area contributed by atoms with Crippen molar-refractivity contribution in [2.24, 2.45) is 5.92 Å². The van der Waals surface area contributed by atoms with Gasteiger partial charge in [0.2, 0.25) is 0 Å². The van der Waals surface area contributed by atoms with E-state index in [0.717, 1.165) is 19.0 Å². The molecule has 80 valence electrons. The summed E-state index contributed by atoms with van der Waals surface area (Å²) in [6, 6.07) is 0. The molecule has 3 nitrogen and oxygen atoms in total. The van der Waals surface area contributed by atoms with Gasteiger partial charge >= 0.3 is 5.97 Å². The highest BCUT2D eigenvalue weighted by Crippen LogP contribution is 2.19. The summed E-state index contributed by atoms with van der Waals surface area (Å²) in [5, 5.41) is 8.71. The molecule has 0 aromatic heterocycles. The molecule has 0 bridgehead atoms. The minimum Gasteiger partial charge on any atom is -0.478 e. The van der Waals surface area contributed by atoms with E-state index in [1.807, 2.05) is 0 Å². The number of hydrogen-bond donors (Lipinski definition) is 1. The number of nitrogens with zero attached hydrogens (tertiary/aromatic N) is 1. The van der Waals surface area contributed by atoms with Crippen molar-refractivity contribution in [3.05, 3.63) is 12.2 Å². The summed E-state index contributed by atoms with van der Waals surface area (Å²) in [5.74, 6) is -0.131. The molecule has 1 fully saturated rings. The molecular weight excluding hydrogens is 178 g/mol. The Kier molecular flexibility index (Phi) is 4.14. The lowest BCUT2D eigenvalue weighted by molar-refractivity contribution is -0.132. The maximum absolute atomic E-state index is 10.6. The van der Waals surface area contributed by atoms with E-state index >= 15 is 0 Å². The minimum absolute atomic E-state index is 0.307. The van der Waals surface area contributed by atoms with Crippen LogP contribution in [0.1, 0.15) is 26.2 Å². The Morgan fingerprint density at radius 2 is 2.36 bits per heavy atom. The zero-order valence-corrected chi connectivity index (χ0v) is 8.83. The van der Waals surface area contributed by atoms with E-state index in [-0.39, 0.29) is 0 Å². The van der Waals surface area contributed by atoms with Gasteiger partial charge in [0.05, 0.1) is 0 Å². The number of rotatable bonds is 4. The molecule has 3 heteroatoms. The molecule has 1 aliphatic heterocycles. The topological polar surface area (TPSA) is 40.5 Å². The Bertz CT molecular complexity index is 225. The standard InChI is InChI=1S/C11H19NO2/c1-3-10-5-4-6-12(8-10)7-9(2)11(13)14/h10H,2-8H2,1H3,(H,13,14). The number of carboxylic acid groups (broad SMARTS) is 1. The first-order valence-corrected chi connectivity index (χ1v) is 5.27. The van der Waals surface area contributed by atoms with Gasteiger partial charge in [-0.15, -0.1) is 0 Å². The molecule has 0 spiro atoms. The number of hydrogen-bond acceptors (Lipinski definition) is 2. The highest BCUT2D eigenvalue weighted by molar-refractivity contribution is 5.86. The molecule has 0 amide bonds. The molecule has 0 radical (unpaired) electrons. The maximum Gasteiger partial charge on any atom is 0.332 e. The van der Waals surface area contributed by atoms with E-state index in [4.69, 9.17) is 5.11 Å². The number of piperidine rings is 1. The summed E-state index contributed by atoms with van der Waals surface area (Å²) >= 11 is 0. The van der Waals surface area contributed by atoms with Crippen LogP contribution in [0.5, 0.6) is 0 Å². The van der Waals surface area contributed by atoms with E-state index in [1.165, 1.54) is 19.3 Å². The normalized spacial score (nSPS) is 23.4. The van der Waals surface area contributed by atoms with E-state index in [2.05, 4.69) is 18.4 Å². The number of carboxylic acids is 1. The molecule has 0 saturated carbocycles. The Morgan fingerprint density at radius 3 is 2.93 bits per heavy atom. The van der Waals surface area contributed by atoms with E-state index in [1.54, 1.807) is 0 Å². The molecule has 0 aromatic rings. The Morgan fingerprint density at radius 1 is 1.64 bits per heavy atom. The SMILES string of the molecule is C=C(CN1CCCC(CC)C1)C(=O)O. The predicted octanol–water partition coefficient (Wildman–Crippen LogP) is 1.75. The smallest absolute Gasteiger partial charge is 0.332 e. The van der Waals surface area contributed by atoms with Gasteiger partial charge in [-0.2, -0.15) is 0 Å². The monoisotopic (exact) mass is 197 g/mol. The molecule has 0 aliphatic carbocycles. The van der Waals surface area contributed by atoms with Gasteiger partial charge < -0.3 is 5.11 Å². The van der Waals surface area contributed by atoms with Crippen LogP contribution in [-0.2, 0) is 4.79 Å². The number of carbonyl (C=O) groups is 1. The molecule has 1 heterocycles. The van der Waals surface area contributed by atoms with Crippen LogP contribution in [-0.4, -0.2) is 35.6 Å². The highest BCUT2D eigenvalue weighted by atomic mass is 16.4. The van der Waals surface area contributed by atoms with Crippen molar-refractivity contribution in [1.82, 2.24) is 4.90 Å².